The highest BCUT2D eigenvalue weighted by molar-refractivity contribution is 7.80. The van der Waals surface area contributed by atoms with Crippen LogP contribution >= 0.6 is 0 Å². The Kier molecular flexibility index (Phi) is 15.3. The molecule has 2 aliphatic heterocycles. The van der Waals surface area contributed by atoms with Crippen molar-refractivity contribution in [1.29, 1.82) is 0 Å². The van der Waals surface area contributed by atoms with E-state index in [4.69, 9.17) is 71.2 Å². The van der Waals surface area contributed by atoms with Gasteiger partial charge in [0.2, 0.25) is 0 Å². The summed E-state index contributed by atoms with van der Waals surface area (Å²) < 4.78 is 85.9. The van der Waals surface area contributed by atoms with Crippen molar-refractivity contribution in [3.8, 4) is 0 Å². The molecule has 1 saturated carbocycles. The van der Waals surface area contributed by atoms with Crippen molar-refractivity contribution >= 4 is 20.8 Å². The van der Waals surface area contributed by atoms with E-state index in [9.17, 15) is 30.6 Å². The number of aliphatic hydroxyl groups is 6. The molecule has 0 bridgehead atoms. The molecule has 3 rings (SSSR count). The molecule has 0 spiro atoms. The Labute approximate surface area is 253 Å². The maximum atomic E-state index is 11.1. The van der Waals surface area contributed by atoms with Gasteiger partial charge in [-0.15, -0.1) is 0 Å². The van der Waals surface area contributed by atoms with Gasteiger partial charge in [0.15, 0.2) is 12.6 Å². The van der Waals surface area contributed by atoms with Crippen LogP contribution in [0.1, 0.15) is 20.3 Å². The largest absolute Gasteiger partial charge is 0.394 e. The first kappa shape index (κ1) is 41.2. The molecule has 15 atom stereocenters. The number of nitrogens with one attached hydrogen (secondary N) is 1. The van der Waals surface area contributed by atoms with Gasteiger partial charge < -0.3 is 72.1 Å². The standard InChI is InChI=1S/C20H40N4O10.2H2O4S/c1-6(25)14-11(27)10(26)9(23)18(32-14)33-15-7(21)4-8(22)16(12(15)28)34-19-13(29)17(24-3)20(2,30)5-31-19;2*1-5(2,3)4/h6-19,24-30H,4-5,21-23H2,1-3H3;2*(H2,1,2,3,4)/t6-,7-,8-,9-,10+,11+,12+,13-,14-,15-,16+,17-,18-,19-,20+;;/m1../s1. The molecule has 1 aliphatic carbocycles. The van der Waals surface area contributed by atoms with Gasteiger partial charge in [-0.2, -0.15) is 16.8 Å². The SMILES string of the molecule is CN[C@@H]1[C@@H](O)[C@@H](O[C@@H]2[C@@H](O)[C@H](O[C@H]3O[C@H]([C@@H](C)O)[C@@H](O)[C@@H](O)[C@H]3N)[C@H](N)C[C@H]2N)OC[C@]1(C)O.O=S(=O)(O)O.O=S(=O)(O)O. The van der Waals surface area contributed by atoms with Crippen LogP contribution in [0.3, 0.4) is 0 Å². The Hall–Kier alpha value is -0.820. The van der Waals surface area contributed by atoms with Crippen LogP contribution < -0.4 is 22.5 Å². The fourth-order valence-electron chi connectivity index (χ4n) is 4.95. The third kappa shape index (κ3) is 12.4. The zero-order chi connectivity index (χ0) is 34.5. The number of nitrogens with two attached hydrogens (primary N) is 3. The number of rotatable bonds is 6. The van der Waals surface area contributed by atoms with Crippen molar-refractivity contribution in [1.82, 2.24) is 5.32 Å². The second kappa shape index (κ2) is 16.3. The first-order valence-electron chi connectivity index (χ1n) is 12.8. The van der Waals surface area contributed by atoms with Gasteiger partial charge in [-0.1, -0.05) is 0 Å². The molecule has 0 amide bonds. The molecule has 0 aromatic heterocycles. The highest BCUT2D eigenvalue weighted by Crippen LogP contribution is 2.32. The third-order valence-electron chi connectivity index (χ3n) is 6.95. The molecule has 17 N–H and O–H groups in total. The van der Waals surface area contributed by atoms with Gasteiger partial charge in [0, 0.05) is 12.1 Å². The Bertz CT molecular complexity index is 1050. The van der Waals surface area contributed by atoms with Crippen molar-refractivity contribution in [2.45, 2.75) is 111 Å². The summed E-state index contributed by atoms with van der Waals surface area (Å²) in [6.07, 6.45) is -12.4. The second-order valence-corrected chi connectivity index (χ2v) is 12.5. The summed E-state index contributed by atoms with van der Waals surface area (Å²) in [7, 11) is -7.76. The topological polar surface area (TPSA) is 398 Å². The maximum Gasteiger partial charge on any atom is 0.394 e. The van der Waals surface area contributed by atoms with E-state index >= 15 is 0 Å². The smallest absolute Gasteiger partial charge is 0.391 e. The molecule has 44 heavy (non-hydrogen) atoms. The summed E-state index contributed by atoms with van der Waals surface area (Å²) >= 11 is 0. The summed E-state index contributed by atoms with van der Waals surface area (Å²) in [5.41, 5.74) is 17.0. The number of hydrogen-bond donors (Lipinski definition) is 14. The van der Waals surface area contributed by atoms with E-state index in [1.165, 1.54) is 13.8 Å². The van der Waals surface area contributed by atoms with Gasteiger partial charge in [0.25, 0.3) is 0 Å². The Morgan fingerprint density at radius 1 is 0.841 bits per heavy atom. The van der Waals surface area contributed by atoms with Crippen molar-refractivity contribution < 1.29 is 84.6 Å². The van der Waals surface area contributed by atoms with Crippen LogP contribution in [0.15, 0.2) is 0 Å². The summed E-state index contributed by atoms with van der Waals surface area (Å²) in [6.45, 7) is 2.75. The summed E-state index contributed by atoms with van der Waals surface area (Å²) in [5.74, 6) is 0. The van der Waals surface area contributed by atoms with Crippen molar-refractivity contribution in [3.05, 3.63) is 0 Å². The summed E-state index contributed by atoms with van der Waals surface area (Å²) in [5, 5.41) is 65.2. The van der Waals surface area contributed by atoms with Crippen molar-refractivity contribution in [2.75, 3.05) is 13.7 Å². The fourth-order valence-corrected chi connectivity index (χ4v) is 4.95. The van der Waals surface area contributed by atoms with Gasteiger partial charge >= 0.3 is 20.8 Å². The Morgan fingerprint density at radius 3 is 1.68 bits per heavy atom. The number of ether oxygens (including phenoxy) is 4. The van der Waals surface area contributed by atoms with E-state index < -0.39 is 112 Å². The normalized spacial score (nSPS) is 44.0. The lowest BCUT2D eigenvalue weighted by Crippen LogP contribution is -2.69. The van der Waals surface area contributed by atoms with Crippen LogP contribution in [-0.2, 0) is 39.7 Å². The quantitative estimate of drug-likeness (QED) is 0.115. The van der Waals surface area contributed by atoms with Gasteiger partial charge in [0.1, 0.15) is 48.3 Å². The monoisotopic (exact) mass is 692 g/mol. The first-order valence-corrected chi connectivity index (χ1v) is 15.6. The van der Waals surface area contributed by atoms with Crippen LogP contribution in [0.4, 0.5) is 0 Å². The third-order valence-corrected chi connectivity index (χ3v) is 6.95. The second-order valence-electron chi connectivity index (χ2n) is 10.7. The lowest BCUT2D eigenvalue weighted by molar-refractivity contribution is -0.319. The van der Waals surface area contributed by atoms with Gasteiger partial charge in [-0.3, -0.25) is 18.2 Å². The van der Waals surface area contributed by atoms with Crippen molar-refractivity contribution in [2.24, 2.45) is 17.2 Å². The highest BCUT2D eigenvalue weighted by atomic mass is 32.3. The number of hydrogen-bond acceptors (Lipinski definition) is 18. The zero-order valence-electron chi connectivity index (χ0n) is 23.8. The predicted octanol–water partition coefficient (Wildman–Crippen LogP) is -6.92. The van der Waals surface area contributed by atoms with E-state index in [0.29, 0.717) is 0 Å². The van der Waals surface area contributed by atoms with E-state index in [0.717, 1.165) is 0 Å². The maximum absolute atomic E-state index is 11.1. The zero-order valence-corrected chi connectivity index (χ0v) is 25.4. The molecule has 2 heterocycles. The molecule has 264 valence electrons. The van der Waals surface area contributed by atoms with E-state index in [2.05, 4.69) is 5.32 Å². The average Bonchev–Trinajstić information content (AvgIpc) is 2.83. The van der Waals surface area contributed by atoms with Crippen LogP contribution in [-0.4, -0.2) is 171 Å². The molecule has 3 fully saturated rings. The Balaban J connectivity index is 0.000000837. The minimum absolute atomic E-state index is 0.135. The molecular weight excluding hydrogens is 648 g/mol. The first-order chi connectivity index (χ1) is 19.8. The number of likely N-dealkylation sites (N-methyl/N-ethyl adjacent to an activating group) is 1. The van der Waals surface area contributed by atoms with Crippen LogP contribution in [0.2, 0.25) is 0 Å². The lowest BCUT2D eigenvalue weighted by atomic mass is 9.84. The molecule has 0 aromatic rings. The molecule has 22 nitrogen and oxygen atoms in total. The molecule has 0 radical (unpaired) electrons. The predicted molar refractivity (Wildman–Crippen MR) is 144 cm³/mol. The van der Waals surface area contributed by atoms with E-state index in [1.807, 2.05) is 0 Å². The van der Waals surface area contributed by atoms with Crippen LogP contribution in [0, 0.1) is 0 Å². The molecule has 0 unspecified atom stereocenters. The minimum Gasteiger partial charge on any atom is -0.391 e. The highest BCUT2D eigenvalue weighted by Gasteiger charge is 2.52. The average molecular weight is 693 g/mol. The fraction of sp³-hybridized carbons (Fsp3) is 1.00. The summed E-state index contributed by atoms with van der Waals surface area (Å²) in [6, 6.07) is -3.47. The van der Waals surface area contributed by atoms with E-state index in [1.54, 1.807) is 7.05 Å². The molecule has 2 saturated heterocycles. The molecule has 3 aliphatic rings. The summed E-state index contributed by atoms with van der Waals surface area (Å²) in [4.78, 5) is 0. The number of aliphatic hydroxyl groups excluding tert-OH is 5. The molecular formula is C20H44N4O18S2. The van der Waals surface area contributed by atoms with Gasteiger partial charge in [0.05, 0.1) is 24.8 Å². The van der Waals surface area contributed by atoms with Crippen LogP contribution in [0.5, 0.6) is 0 Å². The van der Waals surface area contributed by atoms with Gasteiger partial charge in [-0.25, -0.2) is 0 Å². The van der Waals surface area contributed by atoms with E-state index in [-0.39, 0.29) is 13.0 Å². The lowest BCUT2D eigenvalue weighted by Gasteiger charge is -2.49. The Morgan fingerprint density at radius 2 is 1.27 bits per heavy atom. The van der Waals surface area contributed by atoms with Crippen LogP contribution in [0.25, 0.3) is 0 Å². The van der Waals surface area contributed by atoms with Gasteiger partial charge in [-0.05, 0) is 27.3 Å². The molecule has 24 heteroatoms. The molecule has 0 aromatic carbocycles. The minimum atomic E-state index is -4.67. The van der Waals surface area contributed by atoms with Crippen molar-refractivity contribution in [3.63, 3.8) is 0 Å².